The Morgan fingerprint density at radius 3 is 2.77 bits per heavy atom. The molecule has 0 aromatic heterocycles. The van der Waals surface area contributed by atoms with Gasteiger partial charge in [0.25, 0.3) is 0 Å². The predicted molar refractivity (Wildman–Crippen MR) is 56.2 cm³/mol. The van der Waals surface area contributed by atoms with Gasteiger partial charge in [0, 0.05) is 33.4 Å². The molecule has 0 atom stereocenters. The minimum Gasteiger partial charge on any atom is -0.393 e. The van der Waals surface area contributed by atoms with Crippen molar-refractivity contribution in [2.75, 3.05) is 27.2 Å². The first-order valence-corrected chi connectivity index (χ1v) is 4.88. The zero-order valence-corrected chi connectivity index (χ0v) is 9.39. The van der Waals surface area contributed by atoms with E-state index in [4.69, 9.17) is 10.1 Å². The molecule has 4 nitrogen and oxygen atoms in total. The topological polar surface area (TPSA) is 48.4 Å². The fourth-order valence-corrected chi connectivity index (χ4v) is 1.60. The summed E-state index contributed by atoms with van der Waals surface area (Å²) in [4.78, 5) is 1.95. The highest BCUT2D eigenvalue weighted by Gasteiger charge is 2.29. The summed E-state index contributed by atoms with van der Waals surface area (Å²) in [6.45, 7) is 1.62. The second kappa shape index (κ2) is 4.62. The van der Waals surface area contributed by atoms with Crippen molar-refractivity contribution in [3.63, 3.8) is 0 Å². The highest BCUT2D eigenvalue weighted by Crippen LogP contribution is 2.17. The molecule has 2 N–H and O–H groups in total. The van der Waals surface area contributed by atoms with Gasteiger partial charge in [0.15, 0.2) is 0 Å². The second-order valence-electron chi connectivity index (χ2n) is 2.89. The third kappa shape index (κ3) is 2.45. The van der Waals surface area contributed by atoms with Crippen LogP contribution in [0.1, 0.15) is 0 Å². The van der Waals surface area contributed by atoms with Crippen LogP contribution in [0.5, 0.6) is 0 Å². The van der Waals surface area contributed by atoms with E-state index in [1.54, 1.807) is 13.3 Å². The van der Waals surface area contributed by atoms with Crippen molar-refractivity contribution < 1.29 is 4.74 Å². The van der Waals surface area contributed by atoms with Crippen molar-refractivity contribution in [1.29, 1.82) is 5.41 Å². The molecule has 0 spiro atoms. The Balaban J connectivity index is 2.38. The third-order valence-corrected chi connectivity index (χ3v) is 2.60. The maximum Gasteiger partial charge on any atom is 0.136 e. The number of halogens is 1. The standard InChI is InChI=1S/C8H14BrN3O/c1-11-3-7(9)8(10)12-4-6(5-12)13-2/h3,6,10-11H,4-5H2,1-2H3/b7-3+,10-8?. The van der Waals surface area contributed by atoms with Gasteiger partial charge in [-0.3, -0.25) is 5.41 Å². The van der Waals surface area contributed by atoms with Crippen LogP contribution in [-0.4, -0.2) is 44.1 Å². The zero-order chi connectivity index (χ0) is 9.84. The van der Waals surface area contributed by atoms with Crippen LogP contribution in [0, 0.1) is 5.41 Å². The molecule has 1 aliphatic rings. The molecule has 13 heavy (non-hydrogen) atoms. The number of ether oxygens (including phenoxy) is 1. The molecule has 0 unspecified atom stereocenters. The highest BCUT2D eigenvalue weighted by atomic mass is 79.9. The van der Waals surface area contributed by atoms with Crippen LogP contribution in [-0.2, 0) is 4.74 Å². The van der Waals surface area contributed by atoms with E-state index in [1.165, 1.54) is 0 Å². The Morgan fingerprint density at radius 2 is 2.31 bits per heavy atom. The average molecular weight is 248 g/mol. The summed E-state index contributed by atoms with van der Waals surface area (Å²) in [5.74, 6) is 0.502. The average Bonchev–Trinajstić information content (AvgIpc) is 2.02. The molecule has 0 aromatic rings. The van der Waals surface area contributed by atoms with Crippen molar-refractivity contribution in [2.45, 2.75) is 6.10 Å². The molecular formula is C8H14BrN3O. The third-order valence-electron chi connectivity index (χ3n) is 1.99. The van der Waals surface area contributed by atoms with E-state index in [0.717, 1.165) is 17.6 Å². The number of amidine groups is 1. The van der Waals surface area contributed by atoms with Gasteiger partial charge in [0.05, 0.1) is 10.6 Å². The van der Waals surface area contributed by atoms with Gasteiger partial charge < -0.3 is 15.0 Å². The molecule has 1 heterocycles. The van der Waals surface area contributed by atoms with E-state index in [0.29, 0.717) is 5.84 Å². The maximum atomic E-state index is 7.74. The van der Waals surface area contributed by atoms with Crippen molar-refractivity contribution in [3.8, 4) is 0 Å². The molecule has 74 valence electrons. The van der Waals surface area contributed by atoms with Gasteiger partial charge in [-0.25, -0.2) is 0 Å². The zero-order valence-electron chi connectivity index (χ0n) is 7.80. The number of hydrogen-bond acceptors (Lipinski definition) is 3. The van der Waals surface area contributed by atoms with E-state index in [1.807, 2.05) is 11.9 Å². The van der Waals surface area contributed by atoms with Gasteiger partial charge in [-0.05, 0) is 15.9 Å². The first kappa shape index (κ1) is 10.5. The first-order chi connectivity index (χ1) is 6.19. The molecule has 1 rings (SSSR count). The van der Waals surface area contributed by atoms with Crippen LogP contribution in [0.25, 0.3) is 0 Å². The van der Waals surface area contributed by atoms with Gasteiger partial charge in [-0.1, -0.05) is 0 Å². The predicted octanol–water partition coefficient (Wildman–Crippen LogP) is 0.750. The van der Waals surface area contributed by atoms with Gasteiger partial charge in [0.2, 0.25) is 0 Å². The van der Waals surface area contributed by atoms with Crippen LogP contribution in [0.4, 0.5) is 0 Å². The summed E-state index contributed by atoms with van der Waals surface area (Å²) < 4.78 is 5.89. The Bertz CT molecular complexity index is 223. The molecule has 0 aliphatic carbocycles. The highest BCUT2D eigenvalue weighted by molar-refractivity contribution is 9.12. The van der Waals surface area contributed by atoms with E-state index in [-0.39, 0.29) is 6.10 Å². The maximum absolute atomic E-state index is 7.74. The smallest absolute Gasteiger partial charge is 0.136 e. The fourth-order valence-electron chi connectivity index (χ4n) is 1.12. The molecule has 0 amide bonds. The Kier molecular flexibility index (Phi) is 3.74. The molecule has 1 fully saturated rings. The van der Waals surface area contributed by atoms with E-state index in [2.05, 4.69) is 21.2 Å². The lowest BCUT2D eigenvalue weighted by Gasteiger charge is -2.39. The monoisotopic (exact) mass is 247 g/mol. The summed E-state index contributed by atoms with van der Waals surface area (Å²) in [6, 6.07) is 0. The van der Waals surface area contributed by atoms with Crippen LogP contribution >= 0.6 is 15.9 Å². The molecular weight excluding hydrogens is 234 g/mol. The number of likely N-dealkylation sites (tertiary alicyclic amines) is 1. The summed E-state index contributed by atoms with van der Waals surface area (Å²) >= 11 is 3.31. The van der Waals surface area contributed by atoms with E-state index >= 15 is 0 Å². The number of nitrogens with zero attached hydrogens (tertiary/aromatic N) is 1. The molecule has 0 saturated carbocycles. The van der Waals surface area contributed by atoms with Crippen LogP contribution < -0.4 is 5.32 Å². The largest absolute Gasteiger partial charge is 0.393 e. The summed E-state index contributed by atoms with van der Waals surface area (Å²) in [5, 5.41) is 10.6. The van der Waals surface area contributed by atoms with Gasteiger partial charge in [-0.15, -0.1) is 0 Å². The second-order valence-corrected chi connectivity index (χ2v) is 3.75. The molecule has 1 aliphatic heterocycles. The quantitative estimate of drug-likeness (QED) is 0.572. The lowest BCUT2D eigenvalue weighted by atomic mass is 10.1. The number of hydrogen-bond donors (Lipinski definition) is 2. The van der Waals surface area contributed by atoms with Crippen LogP contribution in [0.2, 0.25) is 0 Å². The molecule has 1 saturated heterocycles. The summed E-state index contributed by atoms with van der Waals surface area (Å²) in [6.07, 6.45) is 2.04. The van der Waals surface area contributed by atoms with Crippen molar-refractivity contribution in [2.24, 2.45) is 0 Å². The Hall–Kier alpha value is -0.550. The first-order valence-electron chi connectivity index (χ1n) is 4.08. The number of methoxy groups -OCH3 is 1. The molecule has 0 aromatic carbocycles. The number of rotatable bonds is 3. The Labute approximate surface area is 86.6 Å². The minimum atomic E-state index is 0.287. The normalized spacial score (nSPS) is 18.4. The lowest BCUT2D eigenvalue weighted by Crippen LogP contribution is -2.54. The fraction of sp³-hybridized carbons (Fsp3) is 0.625. The van der Waals surface area contributed by atoms with E-state index in [9.17, 15) is 0 Å². The van der Waals surface area contributed by atoms with Crippen LogP contribution in [0.15, 0.2) is 10.7 Å². The number of nitrogens with one attached hydrogen (secondary N) is 2. The Morgan fingerprint density at radius 1 is 1.69 bits per heavy atom. The van der Waals surface area contributed by atoms with Gasteiger partial charge >= 0.3 is 0 Å². The van der Waals surface area contributed by atoms with Gasteiger partial charge in [-0.2, -0.15) is 0 Å². The van der Waals surface area contributed by atoms with Crippen LogP contribution in [0.3, 0.4) is 0 Å². The SMILES string of the molecule is CN/C=C(/Br)C(=N)N1CC(OC)C1. The summed E-state index contributed by atoms with van der Waals surface area (Å²) in [7, 11) is 3.51. The molecule has 0 bridgehead atoms. The van der Waals surface area contributed by atoms with Crippen molar-refractivity contribution >= 4 is 21.8 Å². The molecule has 5 heteroatoms. The van der Waals surface area contributed by atoms with Gasteiger partial charge in [0.1, 0.15) is 5.84 Å². The van der Waals surface area contributed by atoms with E-state index < -0.39 is 0 Å². The van der Waals surface area contributed by atoms with Crippen molar-refractivity contribution in [1.82, 2.24) is 10.2 Å². The summed E-state index contributed by atoms with van der Waals surface area (Å²) in [5.41, 5.74) is 0. The lowest BCUT2D eigenvalue weighted by molar-refractivity contribution is 0.00586. The van der Waals surface area contributed by atoms with Crippen molar-refractivity contribution in [3.05, 3.63) is 10.7 Å². The molecule has 0 radical (unpaired) electrons. The minimum absolute atomic E-state index is 0.287.